The molecule has 0 bridgehead atoms. The van der Waals surface area contributed by atoms with Gasteiger partial charge in [-0.2, -0.15) is 0 Å². The van der Waals surface area contributed by atoms with E-state index in [9.17, 15) is 0 Å². The number of hydrogen-bond donors (Lipinski definition) is 1. The minimum absolute atomic E-state index is 0.0257. The summed E-state index contributed by atoms with van der Waals surface area (Å²) >= 11 is 0. The zero-order chi connectivity index (χ0) is 11.3. The molecule has 4 heteroatoms. The van der Waals surface area contributed by atoms with Gasteiger partial charge in [-0.25, -0.2) is 9.97 Å². The van der Waals surface area contributed by atoms with E-state index in [1.807, 2.05) is 13.8 Å². The van der Waals surface area contributed by atoms with E-state index < -0.39 is 0 Å². The predicted molar refractivity (Wildman–Crippen MR) is 60.5 cm³/mol. The average Bonchev–Trinajstić information content (AvgIpc) is 2.16. The molecule has 0 saturated carbocycles. The first-order valence-corrected chi connectivity index (χ1v) is 5.40. The highest BCUT2D eigenvalue weighted by atomic mass is 16.5. The number of rotatable bonds is 5. The van der Waals surface area contributed by atoms with E-state index in [1.165, 1.54) is 0 Å². The Hall–Kier alpha value is -1.16. The van der Waals surface area contributed by atoms with Crippen LogP contribution in [0.15, 0.2) is 6.07 Å². The second-order valence-electron chi connectivity index (χ2n) is 3.53. The molecular weight excluding hydrogens is 190 g/mol. The Kier molecular flexibility index (Phi) is 4.49. The number of hydrogen-bond acceptors (Lipinski definition) is 4. The van der Waals surface area contributed by atoms with Crippen molar-refractivity contribution < 1.29 is 4.74 Å². The van der Waals surface area contributed by atoms with Gasteiger partial charge in [-0.05, 0) is 20.3 Å². The summed E-state index contributed by atoms with van der Waals surface area (Å²) < 4.78 is 5.60. The van der Waals surface area contributed by atoms with Gasteiger partial charge < -0.3 is 10.5 Å². The molecule has 0 aliphatic heterocycles. The Labute approximate surface area is 90.9 Å². The van der Waals surface area contributed by atoms with Crippen LogP contribution in [0.1, 0.15) is 44.3 Å². The van der Waals surface area contributed by atoms with Gasteiger partial charge in [0.05, 0.1) is 0 Å². The quantitative estimate of drug-likeness (QED) is 0.808. The molecule has 1 heterocycles. The molecule has 0 amide bonds. The predicted octanol–water partition coefficient (Wildman–Crippen LogP) is 2.24. The summed E-state index contributed by atoms with van der Waals surface area (Å²) in [4.78, 5) is 8.57. The lowest BCUT2D eigenvalue weighted by molar-refractivity contribution is 0.0494. The summed E-state index contributed by atoms with van der Waals surface area (Å²) in [5.41, 5.74) is 6.57. The Morgan fingerprint density at radius 3 is 2.67 bits per heavy atom. The van der Waals surface area contributed by atoms with Crippen LogP contribution >= 0.6 is 0 Å². The number of aryl methyl sites for hydroxylation is 1. The minimum Gasteiger partial charge on any atom is -0.384 e. The highest BCUT2D eigenvalue weighted by molar-refractivity contribution is 5.29. The van der Waals surface area contributed by atoms with Crippen LogP contribution in [0.4, 0.5) is 5.82 Å². The van der Waals surface area contributed by atoms with E-state index in [4.69, 9.17) is 10.5 Å². The van der Waals surface area contributed by atoms with Crippen molar-refractivity contribution in [3.05, 3.63) is 17.6 Å². The third-order valence-corrected chi connectivity index (χ3v) is 2.10. The molecule has 2 N–H and O–H groups in total. The summed E-state index contributed by atoms with van der Waals surface area (Å²) in [5, 5.41) is 0. The maximum absolute atomic E-state index is 5.68. The van der Waals surface area contributed by atoms with Crippen molar-refractivity contribution in [2.24, 2.45) is 0 Å². The molecule has 0 fully saturated rings. The summed E-state index contributed by atoms with van der Waals surface area (Å²) in [6.45, 7) is 6.67. The Morgan fingerprint density at radius 2 is 2.13 bits per heavy atom. The Bertz CT molecular complexity index is 288. The second-order valence-corrected chi connectivity index (χ2v) is 3.53. The standard InChI is InChI=1S/C11H19N3O/c1-4-6-9(15-5-2)11-13-8(3)7-10(12)14-11/h7,9H,4-6H2,1-3H3,(H2,12,13,14). The summed E-state index contributed by atoms with van der Waals surface area (Å²) in [6, 6.07) is 1.76. The van der Waals surface area contributed by atoms with Gasteiger partial charge in [0.25, 0.3) is 0 Å². The van der Waals surface area contributed by atoms with Crippen LogP contribution in [0.3, 0.4) is 0 Å². The smallest absolute Gasteiger partial charge is 0.159 e. The summed E-state index contributed by atoms with van der Waals surface area (Å²) in [6.07, 6.45) is 1.95. The van der Waals surface area contributed by atoms with Crippen LogP contribution < -0.4 is 5.73 Å². The molecule has 0 radical (unpaired) electrons. The number of nitrogens with two attached hydrogens (primary N) is 1. The van der Waals surface area contributed by atoms with Gasteiger partial charge in [-0.1, -0.05) is 13.3 Å². The van der Waals surface area contributed by atoms with Crippen molar-refractivity contribution in [3.8, 4) is 0 Å². The van der Waals surface area contributed by atoms with Crippen LogP contribution in [0.2, 0.25) is 0 Å². The Balaban J connectivity index is 2.88. The lowest BCUT2D eigenvalue weighted by Crippen LogP contribution is -2.10. The van der Waals surface area contributed by atoms with Crippen molar-refractivity contribution in [1.29, 1.82) is 0 Å². The zero-order valence-corrected chi connectivity index (χ0v) is 9.66. The largest absolute Gasteiger partial charge is 0.384 e. The van der Waals surface area contributed by atoms with Gasteiger partial charge in [0.1, 0.15) is 11.9 Å². The molecule has 1 unspecified atom stereocenters. The van der Waals surface area contributed by atoms with Gasteiger partial charge in [0.15, 0.2) is 5.82 Å². The monoisotopic (exact) mass is 209 g/mol. The maximum atomic E-state index is 5.68. The van der Waals surface area contributed by atoms with Crippen LogP contribution in [0.25, 0.3) is 0 Å². The van der Waals surface area contributed by atoms with E-state index >= 15 is 0 Å². The van der Waals surface area contributed by atoms with Crippen LogP contribution in [0.5, 0.6) is 0 Å². The highest BCUT2D eigenvalue weighted by Crippen LogP contribution is 2.20. The molecule has 0 spiro atoms. The van der Waals surface area contributed by atoms with E-state index in [0.29, 0.717) is 18.2 Å². The Morgan fingerprint density at radius 1 is 1.40 bits per heavy atom. The SMILES string of the molecule is CCCC(OCC)c1nc(C)cc(N)n1. The highest BCUT2D eigenvalue weighted by Gasteiger charge is 2.14. The van der Waals surface area contributed by atoms with Gasteiger partial charge in [0, 0.05) is 18.4 Å². The van der Waals surface area contributed by atoms with E-state index in [1.54, 1.807) is 6.07 Å². The van der Waals surface area contributed by atoms with Crippen molar-refractivity contribution >= 4 is 5.82 Å². The third kappa shape index (κ3) is 3.47. The topological polar surface area (TPSA) is 61.0 Å². The van der Waals surface area contributed by atoms with Crippen LogP contribution in [-0.4, -0.2) is 16.6 Å². The van der Waals surface area contributed by atoms with E-state index in [0.717, 1.165) is 18.5 Å². The molecule has 0 aromatic carbocycles. The van der Waals surface area contributed by atoms with Gasteiger partial charge in [-0.15, -0.1) is 0 Å². The van der Waals surface area contributed by atoms with Crippen molar-refractivity contribution in [2.75, 3.05) is 12.3 Å². The molecule has 84 valence electrons. The summed E-state index contributed by atoms with van der Waals surface area (Å²) in [5.74, 6) is 1.22. The molecule has 0 aliphatic carbocycles. The van der Waals surface area contributed by atoms with Crippen LogP contribution in [0, 0.1) is 6.92 Å². The molecule has 4 nitrogen and oxygen atoms in total. The summed E-state index contributed by atoms with van der Waals surface area (Å²) in [7, 11) is 0. The van der Waals surface area contributed by atoms with Gasteiger partial charge in [-0.3, -0.25) is 0 Å². The lowest BCUT2D eigenvalue weighted by Gasteiger charge is -2.15. The van der Waals surface area contributed by atoms with E-state index in [2.05, 4.69) is 16.9 Å². The average molecular weight is 209 g/mol. The van der Waals surface area contributed by atoms with E-state index in [-0.39, 0.29) is 6.10 Å². The zero-order valence-electron chi connectivity index (χ0n) is 9.66. The first-order chi connectivity index (χ1) is 7.17. The fourth-order valence-corrected chi connectivity index (χ4v) is 1.51. The number of nitrogen functional groups attached to an aromatic ring is 1. The molecule has 1 aromatic heterocycles. The fourth-order valence-electron chi connectivity index (χ4n) is 1.51. The minimum atomic E-state index is -0.0257. The molecular formula is C11H19N3O. The maximum Gasteiger partial charge on any atom is 0.159 e. The normalized spacial score (nSPS) is 12.7. The van der Waals surface area contributed by atoms with Crippen molar-refractivity contribution in [3.63, 3.8) is 0 Å². The number of aromatic nitrogens is 2. The van der Waals surface area contributed by atoms with Crippen LogP contribution in [-0.2, 0) is 4.74 Å². The fraction of sp³-hybridized carbons (Fsp3) is 0.636. The van der Waals surface area contributed by atoms with Gasteiger partial charge >= 0.3 is 0 Å². The molecule has 0 aliphatic rings. The number of ether oxygens (including phenoxy) is 1. The third-order valence-electron chi connectivity index (χ3n) is 2.10. The molecule has 0 saturated heterocycles. The second kappa shape index (κ2) is 5.66. The van der Waals surface area contributed by atoms with Gasteiger partial charge in [0.2, 0.25) is 0 Å². The first kappa shape index (κ1) is 11.9. The number of nitrogens with zero attached hydrogens (tertiary/aromatic N) is 2. The van der Waals surface area contributed by atoms with Crippen molar-refractivity contribution in [2.45, 2.75) is 39.7 Å². The molecule has 1 aromatic rings. The first-order valence-electron chi connectivity index (χ1n) is 5.40. The molecule has 1 atom stereocenters. The molecule has 15 heavy (non-hydrogen) atoms. The lowest BCUT2D eigenvalue weighted by atomic mass is 10.2. The van der Waals surface area contributed by atoms with Crippen molar-refractivity contribution in [1.82, 2.24) is 9.97 Å². The number of anilines is 1. The molecule has 1 rings (SSSR count).